The summed E-state index contributed by atoms with van der Waals surface area (Å²) in [5, 5.41) is 10.9. The first-order valence-corrected chi connectivity index (χ1v) is 11.7. The summed E-state index contributed by atoms with van der Waals surface area (Å²) in [6, 6.07) is 7.80. The second kappa shape index (κ2) is 9.31. The summed E-state index contributed by atoms with van der Waals surface area (Å²) in [4.78, 5) is 26.1. The number of esters is 1. The van der Waals surface area contributed by atoms with Crippen molar-refractivity contribution in [2.75, 3.05) is 19.6 Å². The van der Waals surface area contributed by atoms with Crippen molar-refractivity contribution >= 4 is 23.3 Å². The van der Waals surface area contributed by atoms with E-state index in [2.05, 4.69) is 16.3 Å². The van der Waals surface area contributed by atoms with Crippen molar-refractivity contribution in [2.45, 2.75) is 57.3 Å². The van der Waals surface area contributed by atoms with Gasteiger partial charge in [-0.1, -0.05) is 6.07 Å². The Morgan fingerprint density at radius 2 is 1.97 bits per heavy atom. The minimum Gasteiger partial charge on any atom is -0.473 e. The molecule has 1 N–H and O–H groups in total. The van der Waals surface area contributed by atoms with Crippen LogP contribution < -0.4 is 4.74 Å². The lowest BCUT2D eigenvalue weighted by Gasteiger charge is -2.34. The van der Waals surface area contributed by atoms with Crippen molar-refractivity contribution in [3.63, 3.8) is 0 Å². The molecule has 1 aromatic heterocycles. The fourth-order valence-corrected chi connectivity index (χ4v) is 6.02. The topological polar surface area (TPSA) is 66.8 Å². The van der Waals surface area contributed by atoms with Gasteiger partial charge in [0.2, 0.25) is 0 Å². The second-order valence-corrected chi connectivity index (χ2v) is 9.51. The minimum absolute atomic E-state index is 0.293. The number of hydrogen-bond donors (Lipinski definition) is 1. The maximum absolute atomic E-state index is 11.2. The Kier molecular flexibility index (Phi) is 6.54. The van der Waals surface area contributed by atoms with Crippen LogP contribution in [0, 0.1) is 6.92 Å². The standard InChI is InChI=1S/C24H29NO4S/c1-16-15-19(29-24(28)23(26)27)5-6-20(16)18-8-12-25(13-9-18)11-7-17-3-2-4-22-21(17)10-14-30-22/h5-6,10,14-15,17-18H,2-4,7-9,11-13H2,1H3,(H,26,27). The summed E-state index contributed by atoms with van der Waals surface area (Å²) in [7, 11) is 0. The number of carbonyl (C=O) groups excluding carboxylic acids is 1. The third kappa shape index (κ3) is 4.76. The Labute approximate surface area is 181 Å². The maximum Gasteiger partial charge on any atom is 0.422 e. The van der Waals surface area contributed by atoms with Gasteiger partial charge in [-0.2, -0.15) is 0 Å². The summed E-state index contributed by atoms with van der Waals surface area (Å²) in [6.45, 7) is 5.41. The van der Waals surface area contributed by atoms with Crippen molar-refractivity contribution in [3.8, 4) is 5.75 Å². The molecule has 1 atom stereocenters. The molecule has 1 unspecified atom stereocenters. The van der Waals surface area contributed by atoms with Crippen molar-refractivity contribution in [3.05, 3.63) is 51.2 Å². The molecule has 1 saturated heterocycles. The molecule has 0 bridgehead atoms. The third-order valence-electron chi connectivity index (χ3n) is 6.62. The number of aliphatic carboxylic acids is 1. The Hall–Kier alpha value is -2.18. The molecule has 30 heavy (non-hydrogen) atoms. The zero-order chi connectivity index (χ0) is 21.1. The Morgan fingerprint density at radius 1 is 1.17 bits per heavy atom. The number of carboxylic acids is 1. The minimum atomic E-state index is -1.58. The van der Waals surface area contributed by atoms with E-state index in [9.17, 15) is 9.59 Å². The van der Waals surface area contributed by atoms with Gasteiger partial charge in [0, 0.05) is 4.88 Å². The van der Waals surface area contributed by atoms with Gasteiger partial charge in [0.15, 0.2) is 0 Å². The summed E-state index contributed by atoms with van der Waals surface area (Å²) in [6.07, 6.45) is 7.45. The molecule has 1 aliphatic carbocycles. The molecule has 1 aromatic carbocycles. The van der Waals surface area contributed by atoms with Gasteiger partial charge in [-0.15, -0.1) is 11.3 Å². The summed E-state index contributed by atoms with van der Waals surface area (Å²) < 4.78 is 4.88. The quantitative estimate of drug-likeness (QED) is 0.424. The van der Waals surface area contributed by atoms with Crippen LogP contribution >= 0.6 is 11.3 Å². The molecule has 2 aromatic rings. The number of fused-ring (bicyclic) bond motifs is 1. The molecule has 2 heterocycles. The lowest BCUT2D eigenvalue weighted by Crippen LogP contribution is -2.34. The van der Waals surface area contributed by atoms with E-state index >= 15 is 0 Å². The number of benzene rings is 1. The van der Waals surface area contributed by atoms with E-state index in [1.165, 1.54) is 37.8 Å². The van der Waals surface area contributed by atoms with Crippen molar-refractivity contribution in [1.82, 2.24) is 4.90 Å². The molecular weight excluding hydrogens is 398 g/mol. The van der Waals surface area contributed by atoms with Gasteiger partial charge >= 0.3 is 11.9 Å². The highest BCUT2D eigenvalue weighted by Gasteiger charge is 2.25. The van der Waals surface area contributed by atoms with E-state index in [0.29, 0.717) is 11.7 Å². The molecule has 4 rings (SSSR count). The molecule has 1 aliphatic heterocycles. The number of carboxylic acid groups (broad SMARTS) is 1. The molecule has 5 nitrogen and oxygen atoms in total. The molecule has 2 aliphatic rings. The number of rotatable bonds is 5. The monoisotopic (exact) mass is 427 g/mol. The average molecular weight is 428 g/mol. The van der Waals surface area contributed by atoms with E-state index in [0.717, 1.165) is 37.4 Å². The largest absolute Gasteiger partial charge is 0.473 e. The van der Waals surface area contributed by atoms with E-state index in [1.807, 2.05) is 24.3 Å². The molecule has 6 heteroatoms. The van der Waals surface area contributed by atoms with Crippen LogP contribution in [0.1, 0.15) is 65.5 Å². The Morgan fingerprint density at radius 3 is 2.70 bits per heavy atom. The fourth-order valence-electron chi connectivity index (χ4n) is 5.01. The summed E-state index contributed by atoms with van der Waals surface area (Å²) in [5.74, 6) is -1.29. The van der Waals surface area contributed by atoms with E-state index in [4.69, 9.17) is 9.84 Å². The summed E-state index contributed by atoms with van der Waals surface area (Å²) >= 11 is 1.93. The maximum atomic E-state index is 11.2. The van der Waals surface area contributed by atoms with E-state index in [-0.39, 0.29) is 0 Å². The van der Waals surface area contributed by atoms with Crippen LogP contribution in [0.25, 0.3) is 0 Å². The zero-order valence-electron chi connectivity index (χ0n) is 17.4. The lowest BCUT2D eigenvalue weighted by molar-refractivity contribution is -0.158. The van der Waals surface area contributed by atoms with Crippen LogP contribution in [0.4, 0.5) is 0 Å². The average Bonchev–Trinajstić information content (AvgIpc) is 3.22. The zero-order valence-corrected chi connectivity index (χ0v) is 18.2. The van der Waals surface area contributed by atoms with E-state index in [1.54, 1.807) is 22.6 Å². The van der Waals surface area contributed by atoms with Crippen LogP contribution in [0.3, 0.4) is 0 Å². The molecule has 0 saturated carbocycles. The SMILES string of the molecule is Cc1cc(OC(=O)C(=O)O)ccc1C1CCN(CCC2CCCc3sccc32)CC1. The lowest BCUT2D eigenvalue weighted by atomic mass is 9.84. The van der Waals surface area contributed by atoms with Gasteiger partial charge < -0.3 is 14.7 Å². The third-order valence-corrected chi connectivity index (χ3v) is 7.62. The molecule has 160 valence electrons. The van der Waals surface area contributed by atoms with Crippen molar-refractivity contribution in [2.24, 2.45) is 0 Å². The first-order chi connectivity index (χ1) is 14.5. The van der Waals surface area contributed by atoms with Gasteiger partial charge in [-0.25, -0.2) is 9.59 Å². The molecule has 0 amide bonds. The first-order valence-electron chi connectivity index (χ1n) is 10.9. The van der Waals surface area contributed by atoms with E-state index < -0.39 is 11.9 Å². The highest BCUT2D eigenvalue weighted by atomic mass is 32.1. The highest BCUT2D eigenvalue weighted by Crippen LogP contribution is 2.38. The van der Waals surface area contributed by atoms with Crippen LogP contribution in [0.5, 0.6) is 5.75 Å². The van der Waals surface area contributed by atoms with Crippen LogP contribution in [0.2, 0.25) is 0 Å². The molecule has 1 fully saturated rings. The smallest absolute Gasteiger partial charge is 0.422 e. The number of nitrogens with zero attached hydrogens (tertiary/aromatic N) is 1. The van der Waals surface area contributed by atoms with Gasteiger partial charge in [-0.3, -0.25) is 0 Å². The van der Waals surface area contributed by atoms with Crippen LogP contribution in [-0.2, 0) is 16.0 Å². The first kappa shape index (κ1) is 21.1. The highest BCUT2D eigenvalue weighted by molar-refractivity contribution is 7.10. The number of ether oxygens (including phenoxy) is 1. The number of piperidine rings is 1. The van der Waals surface area contributed by atoms with Gasteiger partial charge in [0.05, 0.1) is 0 Å². The Balaban J connectivity index is 1.28. The van der Waals surface area contributed by atoms with Gasteiger partial charge in [0.25, 0.3) is 0 Å². The number of likely N-dealkylation sites (tertiary alicyclic amines) is 1. The second-order valence-electron chi connectivity index (χ2n) is 8.51. The predicted octanol–water partition coefficient (Wildman–Crippen LogP) is 4.74. The summed E-state index contributed by atoms with van der Waals surface area (Å²) in [5.41, 5.74) is 3.94. The van der Waals surface area contributed by atoms with Gasteiger partial charge in [0.1, 0.15) is 5.75 Å². The normalized spacial score (nSPS) is 20.0. The molecular formula is C24H29NO4S. The number of thiophene rings is 1. The van der Waals surface area contributed by atoms with Crippen molar-refractivity contribution < 1.29 is 19.4 Å². The van der Waals surface area contributed by atoms with Crippen LogP contribution in [0.15, 0.2) is 29.6 Å². The van der Waals surface area contributed by atoms with Gasteiger partial charge in [-0.05, 0) is 117 Å². The molecule has 0 radical (unpaired) electrons. The number of aryl methyl sites for hydroxylation is 2. The number of carbonyl (C=O) groups is 2. The predicted molar refractivity (Wildman–Crippen MR) is 117 cm³/mol. The molecule has 0 spiro atoms. The Bertz CT molecular complexity index is 914. The van der Waals surface area contributed by atoms with Crippen molar-refractivity contribution in [1.29, 1.82) is 0 Å². The number of hydrogen-bond acceptors (Lipinski definition) is 5. The fraction of sp³-hybridized carbons (Fsp3) is 0.500. The van der Waals surface area contributed by atoms with Crippen LogP contribution in [-0.4, -0.2) is 41.6 Å².